The Hall–Kier alpha value is -3.57. The maximum Gasteiger partial charge on any atom is 0.224 e. The predicted octanol–water partition coefficient (Wildman–Crippen LogP) is 5.53. The van der Waals surface area contributed by atoms with Crippen molar-refractivity contribution in [3.63, 3.8) is 0 Å². The van der Waals surface area contributed by atoms with Gasteiger partial charge in [0.1, 0.15) is 5.75 Å². The number of nitrogens with zero attached hydrogens (tertiary/aromatic N) is 1. The quantitative estimate of drug-likeness (QED) is 0.313. The number of fused-ring (bicyclic) bond motifs is 2. The summed E-state index contributed by atoms with van der Waals surface area (Å²) in [5, 5.41) is 4.48. The molecule has 0 radical (unpaired) electrons. The van der Waals surface area contributed by atoms with E-state index >= 15 is 0 Å². The highest BCUT2D eigenvalue weighted by Crippen LogP contribution is 2.28. The molecule has 6 rings (SSSR count). The molecule has 38 heavy (non-hydrogen) atoms. The van der Waals surface area contributed by atoms with Crippen molar-refractivity contribution in [2.24, 2.45) is 11.8 Å². The van der Waals surface area contributed by atoms with Crippen LogP contribution in [-0.4, -0.2) is 42.0 Å². The van der Waals surface area contributed by atoms with Crippen molar-refractivity contribution in [1.29, 1.82) is 0 Å². The molecule has 5 heteroatoms. The Labute approximate surface area is 225 Å². The average molecular weight is 508 g/mol. The van der Waals surface area contributed by atoms with Crippen LogP contribution in [0.2, 0.25) is 0 Å². The molecule has 1 fully saturated rings. The van der Waals surface area contributed by atoms with Gasteiger partial charge in [-0.1, -0.05) is 54.6 Å². The molecule has 0 spiro atoms. The molecule has 196 valence electrons. The molecule has 4 aromatic rings. The Morgan fingerprint density at radius 2 is 1.82 bits per heavy atom. The first-order chi connectivity index (χ1) is 18.7. The van der Waals surface area contributed by atoms with Crippen LogP contribution in [-0.2, 0) is 30.6 Å². The molecule has 2 atom stereocenters. The molecule has 1 saturated heterocycles. The molecule has 2 aliphatic rings. The Balaban J connectivity index is 1.09. The van der Waals surface area contributed by atoms with Crippen LogP contribution >= 0.6 is 0 Å². The highest BCUT2D eigenvalue weighted by atomic mass is 16.5. The molecule has 1 amide bonds. The average Bonchev–Trinajstić information content (AvgIpc) is 3.59. The summed E-state index contributed by atoms with van der Waals surface area (Å²) in [6, 6.07) is 25.5. The molecular weight excluding hydrogens is 470 g/mol. The van der Waals surface area contributed by atoms with Gasteiger partial charge in [0, 0.05) is 49.2 Å². The summed E-state index contributed by atoms with van der Waals surface area (Å²) in [6.07, 6.45) is 7.32. The van der Waals surface area contributed by atoms with Gasteiger partial charge in [-0.15, -0.1) is 0 Å². The topological polar surface area (TPSA) is 57.4 Å². The summed E-state index contributed by atoms with van der Waals surface area (Å²) in [6.45, 7) is 3.87. The lowest BCUT2D eigenvalue weighted by Crippen LogP contribution is -2.47. The second-order valence-electron chi connectivity index (χ2n) is 11.0. The fourth-order valence-corrected chi connectivity index (χ4v) is 6.24. The number of likely N-dealkylation sites (tertiary alicyclic amines) is 1. The van der Waals surface area contributed by atoms with Gasteiger partial charge >= 0.3 is 0 Å². The Morgan fingerprint density at radius 3 is 2.74 bits per heavy atom. The van der Waals surface area contributed by atoms with E-state index < -0.39 is 0 Å². The van der Waals surface area contributed by atoms with Gasteiger partial charge in [0.25, 0.3) is 0 Å². The molecule has 0 saturated carbocycles. The van der Waals surface area contributed by atoms with Crippen LogP contribution in [0.5, 0.6) is 5.75 Å². The third-order valence-electron chi connectivity index (χ3n) is 8.16. The van der Waals surface area contributed by atoms with E-state index in [0.717, 1.165) is 50.2 Å². The summed E-state index contributed by atoms with van der Waals surface area (Å²) in [4.78, 5) is 19.1. The summed E-state index contributed by atoms with van der Waals surface area (Å²) >= 11 is 0. The minimum absolute atomic E-state index is 0.0379. The van der Waals surface area contributed by atoms with Gasteiger partial charge in [-0.2, -0.15) is 0 Å². The van der Waals surface area contributed by atoms with E-state index in [2.05, 4.69) is 88.1 Å². The van der Waals surface area contributed by atoms with Crippen molar-refractivity contribution in [2.45, 2.75) is 38.6 Å². The molecule has 2 N–H and O–H groups in total. The minimum atomic E-state index is -0.0379. The molecule has 1 aliphatic heterocycles. The lowest BCUT2D eigenvalue weighted by molar-refractivity contribution is -0.127. The summed E-state index contributed by atoms with van der Waals surface area (Å²) < 4.78 is 6.31. The smallest absolute Gasteiger partial charge is 0.224 e. The second-order valence-corrected chi connectivity index (χ2v) is 11.0. The lowest BCUT2D eigenvalue weighted by Gasteiger charge is -2.37. The van der Waals surface area contributed by atoms with E-state index in [1.54, 1.807) is 0 Å². The number of aromatic amines is 1. The number of amides is 1. The van der Waals surface area contributed by atoms with Crippen molar-refractivity contribution < 1.29 is 9.53 Å². The first-order valence-electron chi connectivity index (χ1n) is 14.0. The fourth-order valence-electron chi connectivity index (χ4n) is 6.24. The van der Waals surface area contributed by atoms with Crippen molar-refractivity contribution in [2.75, 3.05) is 26.2 Å². The number of carbonyl (C=O) groups excluding carboxylic acids is 1. The third-order valence-corrected chi connectivity index (χ3v) is 8.16. The molecule has 5 nitrogen and oxygen atoms in total. The Bertz CT molecular complexity index is 1380. The zero-order valence-electron chi connectivity index (χ0n) is 22.0. The number of benzene rings is 3. The number of aromatic nitrogens is 1. The number of H-pyrrole nitrogens is 1. The zero-order valence-corrected chi connectivity index (χ0v) is 22.0. The van der Waals surface area contributed by atoms with Gasteiger partial charge in [-0.3, -0.25) is 9.69 Å². The first-order valence-corrected chi connectivity index (χ1v) is 14.0. The zero-order chi connectivity index (χ0) is 25.7. The van der Waals surface area contributed by atoms with Crippen LogP contribution in [0.3, 0.4) is 0 Å². The molecule has 0 unspecified atom stereocenters. The number of ether oxygens (including phenoxy) is 1. The van der Waals surface area contributed by atoms with E-state index in [1.807, 2.05) is 6.07 Å². The molecular formula is C33H37N3O2. The van der Waals surface area contributed by atoms with Crippen LogP contribution in [0.15, 0.2) is 79.0 Å². The highest BCUT2D eigenvalue weighted by Gasteiger charge is 2.32. The van der Waals surface area contributed by atoms with Crippen LogP contribution in [0.4, 0.5) is 0 Å². The maximum atomic E-state index is 13.3. The number of carbonyl (C=O) groups is 1. The molecule has 3 aromatic carbocycles. The second kappa shape index (κ2) is 11.4. The molecule has 0 bridgehead atoms. The van der Waals surface area contributed by atoms with Gasteiger partial charge in [-0.05, 0) is 72.6 Å². The number of aryl methyl sites for hydroxylation is 2. The minimum Gasteiger partial charge on any atom is -0.493 e. The number of piperidine rings is 1. The maximum absolute atomic E-state index is 13.3. The molecule has 1 aliphatic carbocycles. The van der Waals surface area contributed by atoms with E-state index in [1.165, 1.54) is 40.5 Å². The van der Waals surface area contributed by atoms with E-state index in [9.17, 15) is 4.79 Å². The van der Waals surface area contributed by atoms with Crippen LogP contribution in [0.1, 0.15) is 35.1 Å². The number of hydrogen-bond donors (Lipinski definition) is 2. The lowest BCUT2D eigenvalue weighted by atomic mass is 9.88. The summed E-state index contributed by atoms with van der Waals surface area (Å²) in [5.74, 6) is 1.39. The third kappa shape index (κ3) is 5.78. The van der Waals surface area contributed by atoms with Crippen molar-refractivity contribution in [3.8, 4) is 5.75 Å². The van der Waals surface area contributed by atoms with Crippen molar-refractivity contribution >= 4 is 16.8 Å². The van der Waals surface area contributed by atoms with E-state index in [0.29, 0.717) is 19.1 Å². The standard InChI is InChI=1S/C33H37N3O2/c37-33(34-16-15-28-19-35-32-12-5-4-11-31(28)32)29-17-25(21-36(22-29)20-24-7-2-1-3-8-24)23-38-30-14-13-26-9-6-10-27(26)18-30/h1-5,7-8,11-14,18-19,25,29,35H,6,9-10,15-17,20-23H2,(H,34,37)/t25-,29+/m0/s1. The van der Waals surface area contributed by atoms with Gasteiger partial charge < -0.3 is 15.0 Å². The van der Waals surface area contributed by atoms with Crippen molar-refractivity contribution in [3.05, 3.63) is 101 Å². The summed E-state index contributed by atoms with van der Waals surface area (Å²) in [5.41, 5.74) is 6.57. The first kappa shape index (κ1) is 24.7. The number of nitrogens with one attached hydrogen (secondary N) is 2. The van der Waals surface area contributed by atoms with E-state index in [4.69, 9.17) is 4.74 Å². The van der Waals surface area contributed by atoms with Crippen molar-refractivity contribution in [1.82, 2.24) is 15.2 Å². The van der Waals surface area contributed by atoms with Gasteiger partial charge in [0.15, 0.2) is 0 Å². The van der Waals surface area contributed by atoms with Gasteiger partial charge in [0.05, 0.1) is 12.5 Å². The monoisotopic (exact) mass is 507 g/mol. The fraction of sp³-hybridized carbons (Fsp3) is 0.364. The van der Waals surface area contributed by atoms with Crippen LogP contribution in [0, 0.1) is 11.8 Å². The summed E-state index contributed by atoms with van der Waals surface area (Å²) in [7, 11) is 0. The largest absolute Gasteiger partial charge is 0.493 e. The van der Waals surface area contributed by atoms with Crippen LogP contribution in [0.25, 0.3) is 10.9 Å². The van der Waals surface area contributed by atoms with Gasteiger partial charge in [-0.25, -0.2) is 0 Å². The Kier molecular flexibility index (Phi) is 7.45. The predicted molar refractivity (Wildman–Crippen MR) is 152 cm³/mol. The number of para-hydroxylation sites is 1. The van der Waals surface area contributed by atoms with E-state index in [-0.39, 0.29) is 11.8 Å². The molecule has 1 aromatic heterocycles. The van der Waals surface area contributed by atoms with Gasteiger partial charge in [0.2, 0.25) is 5.91 Å². The molecule has 2 heterocycles. The number of rotatable bonds is 9. The SMILES string of the molecule is O=C(NCCc1c[nH]c2ccccc12)[C@@H]1C[C@H](COc2ccc3c(c2)CCC3)CN(Cc2ccccc2)C1. The normalized spacial score (nSPS) is 19.4. The highest BCUT2D eigenvalue weighted by molar-refractivity contribution is 5.83. The van der Waals surface area contributed by atoms with Crippen LogP contribution < -0.4 is 10.1 Å². The number of hydrogen-bond acceptors (Lipinski definition) is 3. The Morgan fingerprint density at radius 1 is 0.974 bits per heavy atom.